The van der Waals surface area contributed by atoms with E-state index in [-0.39, 0.29) is 11.9 Å². The number of fused-ring (bicyclic) bond motifs is 3. The lowest BCUT2D eigenvalue weighted by Gasteiger charge is -2.13. The molecule has 1 atom stereocenters. The van der Waals surface area contributed by atoms with Crippen molar-refractivity contribution in [2.75, 3.05) is 18.9 Å². The van der Waals surface area contributed by atoms with Crippen molar-refractivity contribution < 1.29 is 9.21 Å². The van der Waals surface area contributed by atoms with E-state index in [0.717, 1.165) is 22.2 Å². The fraction of sp³-hybridized carbons (Fsp3) is 0.318. The number of hydrogen-bond donors (Lipinski definition) is 6. The molecule has 1 aromatic carbocycles. The Bertz CT molecular complexity index is 1340. The first-order valence-corrected chi connectivity index (χ1v) is 10.9. The van der Waals surface area contributed by atoms with E-state index in [4.69, 9.17) is 21.3 Å². The average molecular weight is 465 g/mol. The first-order valence-electron chi connectivity index (χ1n) is 10.9. The summed E-state index contributed by atoms with van der Waals surface area (Å²) in [5, 5.41) is 15.7. The van der Waals surface area contributed by atoms with Crippen molar-refractivity contribution in [3.63, 3.8) is 0 Å². The van der Waals surface area contributed by atoms with Gasteiger partial charge in [0.05, 0.1) is 12.4 Å². The molecule has 12 heteroatoms. The molecule has 0 aliphatic carbocycles. The molecular formula is C22H28N10O2. The Morgan fingerprint density at radius 2 is 2.09 bits per heavy atom. The number of guanidine groups is 1. The highest BCUT2D eigenvalue weighted by Gasteiger charge is 2.19. The third-order valence-corrected chi connectivity index (χ3v) is 5.43. The summed E-state index contributed by atoms with van der Waals surface area (Å²) in [6, 6.07) is 6.95. The number of anilines is 1. The summed E-state index contributed by atoms with van der Waals surface area (Å²) < 4.78 is 7.87. The van der Waals surface area contributed by atoms with Crippen LogP contribution in [0.3, 0.4) is 0 Å². The lowest BCUT2D eigenvalue weighted by molar-refractivity contribution is -0.122. The second-order valence-corrected chi connectivity index (χ2v) is 7.94. The van der Waals surface area contributed by atoms with Gasteiger partial charge in [-0.25, -0.2) is 9.97 Å². The van der Waals surface area contributed by atoms with Crippen molar-refractivity contribution in [1.29, 1.82) is 5.41 Å². The van der Waals surface area contributed by atoms with Crippen molar-refractivity contribution in [1.82, 2.24) is 30.2 Å². The van der Waals surface area contributed by atoms with Gasteiger partial charge in [0.25, 0.3) is 5.71 Å². The predicted molar refractivity (Wildman–Crippen MR) is 130 cm³/mol. The maximum atomic E-state index is 12.3. The molecule has 0 fully saturated rings. The van der Waals surface area contributed by atoms with Gasteiger partial charge in [-0.15, -0.1) is 0 Å². The van der Waals surface area contributed by atoms with E-state index < -0.39 is 6.04 Å². The maximum Gasteiger partial charge on any atom is 0.251 e. The maximum absolute atomic E-state index is 12.3. The number of nitrogens with zero attached hydrogens (tertiary/aromatic N) is 4. The van der Waals surface area contributed by atoms with Crippen LogP contribution in [0.25, 0.3) is 33.7 Å². The number of amides is 1. The molecule has 0 bridgehead atoms. The Kier molecular flexibility index (Phi) is 6.59. The Morgan fingerprint density at radius 3 is 2.85 bits per heavy atom. The van der Waals surface area contributed by atoms with E-state index in [0.29, 0.717) is 48.9 Å². The predicted octanol–water partition coefficient (Wildman–Crippen LogP) is 1.02. The number of hydrogen-bond acceptors (Lipinski definition) is 8. The second kappa shape index (κ2) is 9.75. The number of nitrogens with one attached hydrogen (secondary N) is 4. The SMILES string of the molecule is CNc1nc2oc(-c3cccc(CNC(=O)[C@@H](N)CCCNC(=N)N)c3)nc2c2c1ncn2C. The number of carbonyl (C=O) groups is 1. The zero-order chi connectivity index (χ0) is 24.2. The molecule has 0 aliphatic heterocycles. The van der Waals surface area contributed by atoms with Gasteiger partial charge in [-0.2, -0.15) is 4.98 Å². The fourth-order valence-electron chi connectivity index (χ4n) is 3.69. The van der Waals surface area contributed by atoms with E-state index in [1.54, 1.807) is 13.4 Å². The topological polar surface area (TPSA) is 186 Å². The van der Waals surface area contributed by atoms with Crippen molar-refractivity contribution in [3.05, 3.63) is 36.2 Å². The van der Waals surface area contributed by atoms with Crippen molar-refractivity contribution >= 4 is 39.9 Å². The molecule has 3 aromatic heterocycles. The first-order chi connectivity index (χ1) is 16.4. The summed E-state index contributed by atoms with van der Waals surface area (Å²) in [6.45, 7) is 0.819. The Labute approximate surface area is 195 Å². The highest BCUT2D eigenvalue weighted by Crippen LogP contribution is 2.31. The van der Waals surface area contributed by atoms with Gasteiger partial charge in [-0.1, -0.05) is 12.1 Å². The van der Waals surface area contributed by atoms with Gasteiger partial charge in [0.1, 0.15) is 11.0 Å². The van der Waals surface area contributed by atoms with Crippen LogP contribution in [0, 0.1) is 5.41 Å². The minimum absolute atomic E-state index is 0.0974. The summed E-state index contributed by atoms with van der Waals surface area (Å²) in [4.78, 5) is 25.9. The van der Waals surface area contributed by atoms with Gasteiger partial charge in [0.15, 0.2) is 17.3 Å². The molecule has 0 saturated heterocycles. The monoisotopic (exact) mass is 464 g/mol. The molecule has 0 unspecified atom stereocenters. The second-order valence-electron chi connectivity index (χ2n) is 7.94. The molecule has 8 N–H and O–H groups in total. The Hall–Kier alpha value is -4.19. The van der Waals surface area contributed by atoms with Gasteiger partial charge in [0.2, 0.25) is 11.8 Å². The van der Waals surface area contributed by atoms with Crippen LogP contribution in [0.1, 0.15) is 18.4 Å². The fourth-order valence-corrected chi connectivity index (χ4v) is 3.69. The van der Waals surface area contributed by atoms with Crippen molar-refractivity contribution in [3.8, 4) is 11.5 Å². The molecular weight excluding hydrogens is 436 g/mol. The highest BCUT2D eigenvalue weighted by atomic mass is 16.4. The summed E-state index contributed by atoms with van der Waals surface area (Å²) in [5.41, 5.74) is 15.5. The van der Waals surface area contributed by atoms with Gasteiger partial charge >= 0.3 is 0 Å². The highest BCUT2D eigenvalue weighted by molar-refractivity contribution is 6.03. The third kappa shape index (κ3) is 4.76. The number of oxazole rings is 1. The van der Waals surface area contributed by atoms with Gasteiger partial charge in [0, 0.05) is 32.7 Å². The molecule has 12 nitrogen and oxygen atoms in total. The zero-order valence-corrected chi connectivity index (χ0v) is 19.1. The molecule has 0 aliphatic rings. The van der Waals surface area contributed by atoms with E-state index in [2.05, 4.69) is 30.9 Å². The lowest BCUT2D eigenvalue weighted by atomic mass is 10.1. The molecule has 1 amide bonds. The minimum Gasteiger partial charge on any atom is -0.418 e. The summed E-state index contributed by atoms with van der Waals surface area (Å²) in [6.07, 6.45) is 2.84. The lowest BCUT2D eigenvalue weighted by Crippen LogP contribution is -2.41. The quantitative estimate of drug-likeness (QED) is 0.119. The molecule has 3 heterocycles. The standard InChI is InChI=1S/C22H28N10O2/c1-26-18-15-17(32(2)11-29-15)16-21(31-18)34-20(30-16)13-6-3-5-12(9-13)10-28-19(33)14(23)7-4-8-27-22(24)25/h3,5-6,9,11,14H,4,7-8,10,23H2,1-2H3,(H,26,31)(H,28,33)(H4,24,25,27)/t14-/m0/s1. The van der Waals surface area contributed by atoms with Crippen LogP contribution >= 0.6 is 0 Å². The number of carbonyl (C=O) groups excluding carboxylic acids is 1. The normalized spacial score (nSPS) is 12.1. The molecule has 0 saturated carbocycles. The first kappa shape index (κ1) is 23.0. The third-order valence-electron chi connectivity index (χ3n) is 5.43. The van der Waals surface area contributed by atoms with Gasteiger partial charge in [-0.05, 0) is 30.5 Å². The summed E-state index contributed by atoms with van der Waals surface area (Å²) in [7, 11) is 3.68. The van der Waals surface area contributed by atoms with Crippen LogP contribution in [0.4, 0.5) is 5.82 Å². The number of benzene rings is 1. The van der Waals surface area contributed by atoms with Crippen molar-refractivity contribution in [2.24, 2.45) is 18.5 Å². The smallest absolute Gasteiger partial charge is 0.251 e. The Morgan fingerprint density at radius 1 is 1.26 bits per heavy atom. The summed E-state index contributed by atoms with van der Waals surface area (Å²) in [5.74, 6) is 0.717. The largest absolute Gasteiger partial charge is 0.418 e. The molecule has 4 aromatic rings. The van der Waals surface area contributed by atoms with Crippen LogP contribution in [0.2, 0.25) is 0 Å². The van der Waals surface area contributed by atoms with Crippen LogP contribution in [0.15, 0.2) is 35.0 Å². The number of pyridine rings is 1. The number of rotatable bonds is 9. The van der Waals surface area contributed by atoms with E-state index in [9.17, 15) is 4.79 Å². The zero-order valence-electron chi connectivity index (χ0n) is 19.1. The minimum atomic E-state index is -0.636. The average Bonchev–Trinajstić information content (AvgIpc) is 3.43. The number of nitrogens with two attached hydrogens (primary N) is 2. The van der Waals surface area contributed by atoms with E-state index in [1.165, 1.54) is 0 Å². The molecule has 34 heavy (non-hydrogen) atoms. The van der Waals surface area contributed by atoms with Crippen LogP contribution in [0.5, 0.6) is 0 Å². The van der Waals surface area contributed by atoms with Gasteiger partial charge in [-0.3, -0.25) is 10.2 Å². The number of aromatic nitrogens is 4. The van der Waals surface area contributed by atoms with Crippen LogP contribution in [-0.2, 0) is 18.4 Å². The molecule has 0 radical (unpaired) electrons. The molecule has 0 spiro atoms. The summed E-state index contributed by atoms with van der Waals surface area (Å²) >= 11 is 0. The Balaban J connectivity index is 1.47. The molecule has 4 rings (SSSR count). The molecule has 178 valence electrons. The van der Waals surface area contributed by atoms with Crippen molar-refractivity contribution in [2.45, 2.75) is 25.4 Å². The number of aryl methyl sites for hydroxylation is 1. The van der Waals surface area contributed by atoms with Crippen LogP contribution in [-0.4, -0.2) is 51.0 Å². The van der Waals surface area contributed by atoms with Crippen LogP contribution < -0.4 is 27.4 Å². The van der Waals surface area contributed by atoms with E-state index in [1.807, 2.05) is 35.9 Å². The number of imidazole rings is 1. The van der Waals surface area contributed by atoms with Gasteiger partial charge < -0.3 is 36.4 Å². The van der Waals surface area contributed by atoms with E-state index >= 15 is 0 Å².